The van der Waals surface area contributed by atoms with Crippen LogP contribution in [0, 0.1) is 0 Å². The lowest BCUT2D eigenvalue weighted by molar-refractivity contribution is 0.0547. The SMILES string of the molecule is COc1ccc(Oc2ccc3c(c2)CC[C@H]2[C@@H]3CCCN2C(=O)c2ccc3[nH]cnc3c2)cc1. The molecule has 6 nitrogen and oxygen atoms in total. The molecule has 6 rings (SSSR count). The number of fused-ring (bicyclic) bond motifs is 4. The standard InChI is InChI=1S/C28H27N3O3/c1-33-20-6-8-21(9-7-20)34-22-10-11-23-18(15-22)5-13-27-24(23)3-2-14-31(27)28(32)19-4-12-25-26(16-19)30-17-29-25/h4,6-12,15-17,24,27H,2-3,5,13-14H2,1H3,(H,29,30)/t24-,27+/m1/s1. The zero-order chi connectivity index (χ0) is 23.1. The topological polar surface area (TPSA) is 67.5 Å². The smallest absolute Gasteiger partial charge is 0.254 e. The first-order valence-electron chi connectivity index (χ1n) is 11.9. The molecule has 1 fully saturated rings. The number of ether oxygens (including phenoxy) is 2. The molecule has 0 bridgehead atoms. The van der Waals surface area contributed by atoms with Crippen molar-refractivity contribution in [1.82, 2.24) is 14.9 Å². The first-order valence-corrected chi connectivity index (χ1v) is 11.9. The molecule has 1 aliphatic carbocycles. The number of nitrogens with zero attached hydrogens (tertiary/aromatic N) is 2. The van der Waals surface area contributed by atoms with Gasteiger partial charge in [-0.15, -0.1) is 0 Å². The number of aryl methyl sites for hydroxylation is 1. The summed E-state index contributed by atoms with van der Waals surface area (Å²) in [5, 5.41) is 0. The summed E-state index contributed by atoms with van der Waals surface area (Å²) in [6.45, 7) is 0.812. The number of rotatable bonds is 4. The number of piperidine rings is 1. The predicted molar refractivity (Wildman–Crippen MR) is 131 cm³/mol. The summed E-state index contributed by atoms with van der Waals surface area (Å²) in [7, 11) is 1.66. The van der Waals surface area contributed by atoms with Gasteiger partial charge >= 0.3 is 0 Å². The van der Waals surface area contributed by atoms with Gasteiger partial charge in [0, 0.05) is 24.1 Å². The van der Waals surface area contributed by atoms with Crippen molar-refractivity contribution in [3.63, 3.8) is 0 Å². The molecule has 172 valence electrons. The summed E-state index contributed by atoms with van der Waals surface area (Å²) in [5.41, 5.74) is 5.19. The van der Waals surface area contributed by atoms with Crippen molar-refractivity contribution < 1.29 is 14.3 Å². The lowest BCUT2D eigenvalue weighted by atomic mass is 9.74. The second-order valence-corrected chi connectivity index (χ2v) is 9.13. The lowest BCUT2D eigenvalue weighted by Gasteiger charge is -2.45. The zero-order valence-electron chi connectivity index (χ0n) is 19.2. The minimum atomic E-state index is 0.113. The van der Waals surface area contributed by atoms with Gasteiger partial charge in [-0.05, 0) is 91.4 Å². The van der Waals surface area contributed by atoms with E-state index in [1.54, 1.807) is 13.4 Å². The highest BCUT2D eigenvalue weighted by molar-refractivity contribution is 5.97. The number of amides is 1. The molecule has 1 aromatic heterocycles. The first kappa shape index (κ1) is 20.8. The number of nitrogens with one attached hydrogen (secondary N) is 1. The van der Waals surface area contributed by atoms with Crippen LogP contribution in [0.25, 0.3) is 11.0 Å². The van der Waals surface area contributed by atoms with Crippen LogP contribution in [0.1, 0.15) is 46.7 Å². The van der Waals surface area contributed by atoms with E-state index in [9.17, 15) is 4.79 Å². The third kappa shape index (κ3) is 3.69. The Morgan fingerprint density at radius 2 is 1.82 bits per heavy atom. The van der Waals surface area contributed by atoms with Crippen LogP contribution in [-0.4, -0.2) is 40.5 Å². The van der Waals surface area contributed by atoms with E-state index in [-0.39, 0.29) is 11.9 Å². The Hall–Kier alpha value is -3.80. The fraction of sp³-hybridized carbons (Fsp3) is 0.286. The van der Waals surface area contributed by atoms with E-state index in [2.05, 4.69) is 33.1 Å². The van der Waals surface area contributed by atoms with Gasteiger partial charge in [0.1, 0.15) is 17.2 Å². The summed E-state index contributed by atoms with van der Waals surface area (Å²) in [6, 6.07) is 20.0. The number of imidazole rings is 1. The van der Waals surface area contributed by atoms with Crippen LogP contribution < -0.4 is 9.47 Å². The zero-order valence-corrected chi connectivity index (χ0v) is 19.2. The highest BCUT2D eigenvalue weighted by Crippen LogP contribution is 2.42. The van der Waals surface area contributed by atoms with Gasteiger partial charge in [0.05, 0.1) is 24.5 Å². The molecular weight excluding hydrogens is 426 g/mol. The maximum Gasteiger partial charge on any atom is 0.254 e. The van der Waals surface area contributed by atoms with Crippen molar-refractivity contribution in [2.45, 2.75) is 37.6 Å². The predicted octanol–water partition coefficient (Wildman–Crippen LogP) is 5.70. The van der Waals surface area contributed by atoms with E-state index in [1.807, 2.05) is 42.5 Å². The van der Waals surface area contributed by atoms with E-state index < -0.39 is 0 Å². The Labute approximate surface area is 198 Å². The van der Waals surface area contributed by atoms with Crippen LogP contribution in [-0.2, 0) is 6.42 Å². The number of methoxy groups -OCH3 is 1. The van der Waals surface area contributed by atoms with Gasteiger partial charge < -0.3 is 19.4 Å². The summed E-state index contributed by atoms with van der Waals surface area (Å²) >= 11 is 0. The average molecular weight is 454 g/mol. The minimum absolute atomic E-state index is 0.113. The number of hydrogen-bond acceptors (Lipinski definition) is 4. The van der Waals surface area contributed by atoms with E-state index in [0.29, 0.717) is 11.5 Å². The number of aromatic amines is 1. The van der Waals surface area contributed by atoms with Crippen LogP contribution in [0.15, 0.2) is 67.0 Å². The van der Waals surface area contributed by atoms with Crippen LogP contribution in [0.2, 0.25) is 0 Å². The second kappa shape index (κ2) is 8.52. The molecule has 34 heavy (non-hydrogen) atoms. The molecule has 1 aliphatic heterocycles. The molecule has 4 aromatic rings. The second-order valence-electron chi connectivity index (χ2n) is 9.13. The number of likely N-dealkylation sites (tertiary alicyclic amines) is 1. The first-order chi connectivity index (χ1) is 16.7. The van der Waals surface area contributed by atoms with Gasteiger partial charge in [0.15, 0.2) is 0 Å². The molecule has 6 heteroatoms. The van der Waals surface area contributed by atoms with E-state index in [4.69, 9.17) is 9.47 Å². The van der Waals surface area contributed by atoms with Crippen molar-refractivity contribution >= 4 is 16.9 Å². The lowest BCUT2D eigenvalue weighted by Crippen LogP contribution is -2.49. The number of carbonyl (C=O) groups is 1. The third-order valence-electron chi connectivity index (χ3n) is 7.23. The highest BCUT2D eigenvalue weighted by Gasteiger charge is 2.38. The Morgan fingerprint density at radius 3 is 2.68 bits per heavy atom. The van der Waals surface area contributed by atoms with Gasteiger partial charge in [-0.3, -0.25) is 4.79 Å². The van der Waals surface area contributed by atoms with Gasteiger partial charge in [0.2, 0.25) is 0 Å². The molecule has 2 heterocycles. The van der Waals surface area contributed by atoms with Crippen LogP contribution in [0.3, 0.4) is 0 Å². The minimum Gasteiger partial charge on any atom is -0.497 e. The number of hydrogen-bond donors (Lipinski definition) is 1. The van der Waals surface area contributed by atoms with Gasteiger partial charge in [-0.25, -0.2) is 4.98 Å². The van der Waals surface area contributed by atoms with E-state index >= 15 is 0 Å². The molecule has 1 N–H and O–H groups in total. The Balaban J connectivity index is 1.23. The normalized spacial score (nSPS) is 19.4. The van der Waals surface area contributed by atoms with Crippen molar-refractivity contribution in [3.05, 3.63) is 83.7 Å². The maximum absolute atomic E-state index is 13.5. The molecule has 1 amide bonds. The van der Waals surface area contributed by atoms with Gasteiger partial charge in [0.25, 0.3) is 5.91 Å². The van der Waals surface area contributed by atoms with E-state index in [0.717, 1.165) is 60.5 Å². The fourth-order valence-corrected chi connectivity index (χ4v) is 5.57. The summed E-state index contributed by atoms with van der Waals surface area (Å²) < 4.78 is 11.3. The summed E-state index contributed by atoms with van der Waals surface area (Å²) in [6.07, 6.45) is 5.71. The Morgan fingerprint density at radius 1 is 1.00 bits per heavy atom. The van der Waals surface area contributed by atoms with Crippen molar-refractivity contribution in [2.24, 2.45) is 0 Å². The fourth-order valence-electron chi connectivity index (χ4n) is 5.57. The van der Waals surface area contributed by atoms with Crippen LogP contribution in [0.5, 0.6) is 17.2 Å². The number of H-pyrrole nitrogens is 1. The summed E-state index contributed by atoms with van der Waals surface area (Å²) in [4.78, 5) is 23.0. The van der Waals surface area contributed by atoms with Crippen LogP contribution in [0.4, 0.5) is 0 Å². The monoisotopic (exact) mass is 453 g/mol. The number of aromatic nitrogens is 2. The van der Waals surface area contributed by atoms with Crippen molar-refractivity contribution in [1.29, 1.82) is 0 Å². The highest BCUT2D eigenvalue weighted by atomic mass is 16.5. The molecule has 0 radical (unpaired) electrons. The van der Waals surface area contributed by atoms with Gasteiger partial charge in [-0.1, -0.05) is 6.07 Å². The third-order valence-corrected chi connectivity index (χ3v) is 7.23. The van der Waals surface area contributed by atoms with Crippen molar-refractivity contribution in [3.8, 4) is 17.2 Å². The molecule has 1 saturated heterocycles. The van der Waals surface area contributed by atoms with Gasteiger partial charge in [-0.2, -0.15) is 0 Å². The Bertz CT molecular complexity index is 1340. The average Bonchev–Trinajstić information content (AvgIpc) is 3.36. The maximum atomic E-state index is 13.5. The molecule has 2 atom stereocenters. The molecular formula is C28H27N3O3. The number of carbonyl (C=O) groups excluding carboxylic acids is 1. The Kier molecular flexibility index (Phi) is 5.21. The van der Waals surface area contributed by atoms with Crippen LogP contribution >= 0.6 is 0 Å². The largest absolute Gasteiger partial charge is 0.497 e. The summed E-state index contributed by atoms with van der Waals surface area (Å²) in [5.74, 6) is 2.92. The number of benzene rings is 3. The molecule has 0 saturated carbocycles. The molecule has 0 spiro atoms. The van der Waals surface area contributed by atoms with Crippen molar-refractivity contribution in [2.75, 3.05) is 13.7 Å². The molecule has 0 unspecified atom stereocenters. The quantitative estimate of drug-likeness (QED) is 0.431. The molecule has 2 aliphatic rings. The molecule has 3 aromatic carbocycles. The van der Waals surface area contributed by atoms with E-state index in [1.165, 1.54) is 11.1 Å².